The molecule has 0 unspecified atom stereocenters. The van der Waals surface area contributed by atoms with Gasteiger partial charge in [0, 0.05) is 32.4 Å². The van der Waals surface area contributed by atoms with Crippen LogP contribution in [0.5, 0.6) is 0 Å². The van der Waals surface area contributed by atoms with Gasteiger partial charge in [-0.1, -0.05) is 37.3 Å². The molecule has 2 fully saturated rings. The van der Waals surface area contributed by atoms with Crippen LogP contribution in [0.15, 0.2) is 48.8 Å². The first-order chi connectivity index (χ1) is 13.6. The highest BCUT2D eigenvalue weighted by Gasteiger charge is 2.42. The largest absolute Gasteiger partial charge is 0.339 e. The van der Waals surface area contributed by atoms with E-state index < -0.39 is 5.82 Å². The molecule has 0 bridgehead atoms. The first-order valence-corrected chi connectivity index (χ1v) is 10.3. The average Bonchev–Trinajstić information content (AvgIpc) is 2.74. The molecule has 28 heavy (non-hydrogen) atoms. The second kappa shape index (κ2) is 8.00. The van der Waals surface area contributed by atoms with E-state index in [-0.39, 0.29) is 16.9 Å². The highest BCUT2D eigenvalue weighted by Crippen LogP contribution is 2.45. The lowest BCUT2D eigenvalue weighted by molar-refractivity contribution is 0.0156. The van der Waals surface area contributed by atoms with Crippen molar-refractivity contribution in [2.75, 3.05) is 32.7 Å². The second-order valence-corrected chi connectivity index (χ2v) is 8.29. The summed E-state index contributed by atoms with van der Waals surface area (Å²) in [5.41, 5.74) is 1.78. The van der Waals surface area contributed by atoms with Crippen LogP contribution in [0.3, 0.4) is 0 Å². The number of carbonyl (C=O) groups is 1. The summed E-state index contributed by atoms with van der Waals surface area (Å²) >= 11 is 0. The SMILES string of the molecule is CCN1C[C@H](c2ccccc2)CC2(CCN(C(=O)c3ccncc3F)CC2)C1. The molecule has 1 amide bonds. The molecule has 1 atom stereocenters. The van der Waals surface area contributed by atoms with Gasteiger partial charge in [-0.3, -0.25) is 9.78 Å². The van der Waals surface area contributed by atoms with Crippen LogP contribution in [0.25, 0.3) is 0 Å². The topological polar surface area (TPSA) is 36.4 Å². The number of pyridine rings is 1. The summed E-state index contributed by atoms with van der Waals surface area (Å²) in [6.07, 6.45) is 5.71. The molecule has 148 valence electrons. The molecule has 1 aromatic carbocycles. The Morgan fingerprint density at radius 2 is 1.96 bits per heavy atom. The molecule has 2 aromatic rings. The van der Waals surface area contributed by atoms with E-state index in [4.69, 9.17) is 0 Å². The van der Waals surface area contributed by atoms with Gasteiger partial charge in [-0.15, -0.1) is 0 Å². The third-order valence-corrected chi connectivity index (χ3v) is 6.55. The number of amides is 1. The third-order valence-electron chi connectivity index (χ3n) is 6.55. The Morgan fingerprint density at radius 1 is 1.21 bits per heavy atom. The maximum atomic E-state index is 14.0. The molecule has 2 aliphatic heterocycles. The Balaban J connectivity index is 1.47. The fourth-order valence-electron chi connectivity index (χ4n) is 4.96. The fraction of sp³-hybridized carbons (Fsp3) is 0.478. The molecule has 3 heterocycles. The lowest BCUT2D eigenvalue weighted by Crippen LogP contribution is -2.52. The summed E-state index contributed by atoms with van der Waals surface area (Å²) < 4.78 is 14.0. The van der Waals surface area contributed by atoms with Crippen molar-refractivity contribution in [3.05, 3.63) is 65.7 Å². The van der Waals surface area contributed by atoms with Crippen LogP contribution in [0.2, 0.25) is 0 Å². The molecule has 0 saturated carbocycles. The van der Waals surface area contributed by atoms with E-state index in [1.165, 1.54) is 24.2 Å². The monoisotopic (exact) mass is 381 g/mol. The Bertz CT molecular complexity index is 818. The molecule has 2 aliphatic rings. The van der Waals surface area contributed by atoms with Crippen LogP contribution in [-0.4, -0.2) is 53.4 Å². The Labute approximate surface area is 166 Å². The second-order valence-electron chi connectivity index (χ2n) is 8.29. The van der Waals surface area contributed by atoms with Crippen LogP contribution in [0.1, 0.15) is 48.0 Å². The summed E-state index contributed by atoms with van der Waals surface area (Å²) in [4.78, 5) is 20.9. The molecule has 4 nitrogen and oxygen atoms in total. The summed E-state index contributed by atoms with van der Waals surface area (Å²) in [5, 5.41) is 0. The van der Waals surface area contributed by atoms with Gasteiger partial charge >= 0.3 is 0 Å². The molecule has 1 spiro atoms. The van der Waals surface area contributed by atoms with E-state index in [9.17, 15) is 9.18 Å². The van der Waals surface area contributed by atoms with Crippen LogP contribution >= 0.6 is 0 Å². The molecule has 4 rings (SSSR count). The van der Waals surface area contributed by atoms with E-state index in [0.29, 0.717) is 19.0 Å². The maximum absolute atomic E-state index is 14.0. The van der Waals surface area contributed by atoms with Gasteiger partial charge in [0.2, 0.25) is 0 Å². The highest BCUT2D eigenvalue weighted by atomic mass is 19.1. The first kappa shape index (κ1) is 19.1. The lowest BCUT2D eigenvalue weighted by Gasteiger charge is -2.50. The number of nitrogens with zero attached hydrogens (tertiary/aromatic N) is 3. The minimum Gasteiger partial charge on any atom is -0.339 e. The Kier molecular flexibility index (Phi) is 5.44. The van der Waals surface area contributed by atoms with E-state index >= 15 is 0 Å². The van der Waals surface area contributed by atoms with Crippen LogP contribution < -0.4 is 0 Å². The average molecular weight is 381 g/mol. The minimum absolute atomic E-state index is 0.131. The van der Waals surface area contributed by atoms with Gasteiger partial charge < -0.3 is 9.80 Å². The summed E-state index contributed by atoms with van der Waals surface area (Å²) in [6, 6.07) is 12.3. The van der Waals surface area contributed by atoms with Gasteiger partial charge in [0.15, 0.2) is 5.82 Å². The van der Waals surface area contributed by atoms with Crippen LogP contribution in [-0.2, 0) is 0 Å². The van der Waals surface area contributed by atoms with Gasteiger partial charge in [-0.2, -0.15) is 0 Å². The van der Waals surface area contributed by atoms with Gasteiger partial charge in [-0.25, -0.2) is 4.39 Å². The summed E-state index contributed by atoms with van der Waals surface area (Å²) in [7, 11) is 0. The summed E-state index contributed by atoms with van der Waals surface area (Å²) in [5.74, 6) is -0.209. The highest BCUT2D eigenvalue weighted by molar-refractivity contribution is 5.94. The number of hydrogen-bond acceptors (Lipinski definition) is 3. The van der Waals surface area contributed by atoms with Crippen molar-refractivity contribution >= 4 is 5.91 Å². The smallest absolute Gasteiger partial charge is 0.256 e. The van der Waals surface area contributed by atoms with Crippen molar-refractivity contribution in [3.63, 3.8) is 0 Å². The number of likely N-dealkylation sites (N-methyl/N-ethyl adjacent to an activating group) is 1. The van der Waals surface area contributed by atoms with Crippen molar-refractivity contribution in [2.45, 2.75) is 32.1 Å². The van der Waals surface area contributed by atoms with Gasteiger partial charge in [0.05, 0.1) is 11.8 Å². The van der Waals surface area contributed by atoms with Gasteiger partial charge in [-0.05, 0) is 48.8 Å². The Morgan fingerprint density at radius 3 is 2.64 bits per heavy atom. The molecule has 5 heteroatoms. The molecule has 0 aliphatic carbocycles. The molecule has 1 aromatic heterocycles. The van der Waals surface area contributed by atoms with E-state index in [2.05, 4.69) is 47.1 Å². The van der Waals surface area contributed by atoms with E-state index in [1.54, 1.807) is 0 Å². The van der Waals surface area contributed by atoms with Gasteiger partial charge in [0.1, 0.15) is 0 Å². The fourth-order valence-corrected chi connectivity index (χ4v) is 4.96. The van der Waals surface area contributed by atoms with Crippen molar-refractivity contribution < 1.29 is 9.18 Å². The number of piperidine rings is 2. The normalized spacial score (nSPS) is 22.4. The zero-order chi connectivity index (χ0) is 19.6. The van der Waals surface area contributed by atoms with Crippen LogP contribution in [0, 0.1) is 11.2 Å². The number of hydrogen-bond donors (Lipinski definition) is 0. The number of benzene rings is 1. The maximum Gasteiger partial charge on any atom is 0.256 e. The van der Waals surface area contributed by atoms with Gasteiger partial charge in [0.25, 0.3) is 5.91 Å². The zero-order valence-corrected chi connectivity index (χ0v) is 16.5. The third kappa shape index (κ3) is 3.81. The number of aromatic nitrogens is 1. The van der Waals surface area contributed by atoms with Crippen molar-refractivity contribution in [1.82, 2.24) is 14.8 Å². The lowest BCUT2D eigenvalue weighted by atomic mass is 9.68. The van der Waals surface area contributed by atoms with E-state index in [1.807, 2.05) is 4.90 Å². The van der Waals surface area contributed by atoms with Crippen molar-refractivity contribution in [1.29, 1.82) is 0 Å². The quantitative estimate of drug-likeness (QED) is 0.808. The standard InChI is InChI=1S/C23H28FN3O/c1-2-26-16-19(18-6-4-3-5-7-18)14-23(17-26)9-12-27(13-10-23)22(28)20-8-11-25-15-21(20)24/h3-8,11,15,19H,2,9-10,12-14,16-17H2,1H3/t19-/m1/s1. The number of likely N-dealkylation sites (tertiary alicyclic amines) is 2. The number of halogens is 1. The minimum atomic E-state index is -0.535. The zero-order valence-electron chi connectivity index (χ0n) is 16.5. The molecule has 0 N–H and O–H groups in total. The predicted molar refractivity (Wildman–Crippen MR) is 108 cm³/mol. The number of rotatable bonds is 3. The molecular weight excluding hydrogens is 353 g/mol. The molecule has 0 radical (unpaired) electrons. The van der Waals surface area contributed by atoms with Crippen molar-refractivity contribution in [3.8, 4) is 0 Å². The summed E-state index contributed by atoms with van der Waals surface area (Å²) in [6.45, 7) is 6.87. The first-order valence-electron chi connectivity index (χ1n) is 10.3. The predicted octanol–water partition coefficient (Wildman–Crippen LogP) is 3.95. The van der Waals surface area contributed by atoms with Crippen LogP contribution in [0.4, 0.5) is 4.39 Å². The van der Waals surface area contributed by atoms with E-state index in [0.717, 1.165) is 38.7 Å². The Hall–Kier alpha value is -2.27. The van der Waals surface area contributed by atoms with Crippen molar-refractivity contribution in [2.24, 2.45) is 5.41 Å². The molecular formula is C23H28FN3O. The molecule has 2 saturated heterocycles. The number of carbonyl (C=O) groups excluding carboxylic acids is 1.